The van der Waals surface area contributed by atoms with Crippen LogP contribution in [0.15, 0.2) is 30.3 Å². The largest absolute Gasteiger partial charge is 0.461 e. The van der Waals surface area contributed by atoms with Gasteiger partial charge in [-0.1, -0.05) is 44.5 Å². The van der Waals surface area contributed by atoms with Gasteiger partial charge in [-0.3, -0.25) is 9.48 Å². The van der Waals surface area contributed by atoms with Crippen LogP contribution in [-0.4, -0.2) is 46.3 Å². The second-order valence-electron chi connectivity index (χ2n) is 8.33. The number of halogens is 1. The summed E-state index contributed by atoms with van der Waals surface area (Å²) in [5.41, 5.74) is 1.71. The molecule has 0 unspecified atom stereocenters. The molecule has 0 aliphatic carbocycles. The highest BCUT2D eigenvalue weighted by Gasteiger charge is 2.31. The van der Waals surface area contributed by atoms with Gasteiger partial charge < -0.3 is 9.64 Å². The summed E-state index contributed by atoms with van der Waals surface area (Å²) in [5, 5.41) is 5.05. The molecule has 0 saturated carbocycles. The third-order valence-electron chi connectivity index (χ3n) is 5.19. The highest BCUT2D eigenvalue weighted by atomic mass is 35.5. The Bertz CT molecular complexity index is 893. The van der Waals surface area contributed by atoms with E-state index in [1.54, 1.807) is 19.1 Å². The fourth-order valence-corrected chi connectivity index (χ4v) is 3.87. The fraction of sp³-hybridized carbons (Fsp3) is 0.500. The number of benzene rings is 1. The normalized spacial score (nSPS) is 15.4. The summed E-state index contributed by atoms with van der Waals surface area (Å²) in [6.45, 7) is 9.65. The number of carbonyl (C=O) groups is 2. The van der Waals surface area contributed by atoms with Gasteiger partial charge in [0, 0.05) is 24.2 Å². The van der Waals surface area contributed by atoms with Crippen molar-refractivity contribution in [2.24, 2.45) is 0 Å². The Kier molecular flexibility index (Phi) is 6.32. The van der Waals surface area contributed by atoms with Crippen LogP contribution in [0.2, 0.25) is 5.02 Å². The minimum atomic E-state index is -0.400. The van der Waals surface area contributed by atoms with E-state index in [-0.39, 0.29) is 17.4 Å². The third kappa shape index (κ3) is 4.64. The summed E-state index contributed by atoms with van der Waals surface area (Å²) < 4.78 is 7.09. The lowest BCUT2D eigenvalue weighted by Gasteiger charge is -2.34. The number of carbonyl (C=O) groups excluding carboxylic acids is 2. The zero-order valence-corrected chi connectivity index (χ0v) is 18.2. The third-order valence-corrected chi connectivity index (χ3v) is 5.52. The summed E-state index contributed by atoms with van der Waals surface area (Å²) in [6.07, 6.45) is 1.53. The van der Waals surface area contributed by atoms with E-state index in [0.29, 0.717) is 36.0 Å². The molecule has 7 heteroatoms. The molecule has 1 fully saturated rings. The number of piperidine rings is 1. The highest BCUT2D eigenvalue weighted by Crippen LogP contribution is 2.31. The van der Waals surface area contributed by atoms with E-state index in [2.05, 4.69) is 25.9 Å². The predicted molar refractivity (Wildman–Crippen MR) is 113 cm³/mol. The molecule has 156 valence electrons. The second kappa shape index (κ2) is 8.57. The average Bonchev–Trinajstić information content (AvgIpc) is 3.14. The molecule has 29 heavy (non-hydrogen) atoms. The van der Waals surface area contributed by atoms with Crippen LogP contribution in [0.1, 0.15) is 73.1 Å². The van der Waals surface area contributed by atoms with Gasteiger partial charge in [-0.15, -0.1) is 0 Å². The topological polar surface area (TPSA) is 64.4 Å². The van der Waals surface area contributed by atoms with Crippen molar-refractivity contribution < 1.29 is 14.3 Å². The molecule has 1 aliphatic rings. The molecule has 1 aromatic carbocycles. The molecule has 1 aliphatic heterocycles. The van der Waals surface area contributed by atoms with Crippen molar-refractivity contribution in [2.45, 2.75) is 52.0 Å². The Morgan fingerprint density at radius 2 is 1.86 bits per heavy atom. The van der Waals surface area contributed by atoms with Crippen molar-refractivity contribution in [1.82, 2.24) is 14.7 Å². The zero-order valence-electron chi connectivity index (χ0n) is 17.4. The number of hydrogen-bond acceptors (Lipinski definition) is 4. The zero-order chi connectivity index (χ0) is 21.2. The molecule has 1 saturated heterocycles. The summed E-state index contributed by atoms with van der Waals surface area (Å²) >= 11 is 6.19. The van der Waals surface area contributed by atoms with Crippen LogP contribution < -0.4 is 0 Å². The maximum absolute atomic E-state index is 12.8. The van der Waals surface area contributed by atoms with E-state index < -0.39 is 5.97 Å². The van der Waals surface area contributed by atoms with Crippen molar-refractivity contribution in [3.63, 3.8) is 0 Å². The van der Waals surface area contributed by atoms with Crippen LogP contribution in [0.3, 0.4) is 0 Å². The van der Waals surface area contributed by atoms with E-state index in [1.165, 1.54) is 0 Å². The van der Waals surface area contributed by atoms with E-state index in [4.69, 9.17) is 16.3 Å². The first-order chi connectivity index (χ1) is 13.7. The minimum Gasteiger partial charge on any atom is -0.461 e. The van der Waals surface area contributed by atoms with Crippen molar-refractivity contribution in [3.05, 3.63) is 52.3 Å². The Balaban J connectivity index is 1.77. The van der Waals surface area contributed by atoms with Crippen molar-refractivity contribution >= 4 is 23.5 Å². The monoisotopic (exact) mass is 417 g/mol. The number of aromatic nitrogens is 2. The van der Waals surface area contributed by atoms with Crippen molar-refractivity contribution in [3.8, 4) is 0 Å². The highest BCUT2D eigenvalue weighted by molar-refractivity contribution is 6.33. The molecule has 0 bridgehead atoms. The Labute approximate surface area is 176 Å². The average molecular weight is 418 g/mol. The number of likely N-dealkylation sites (tertiary alicyclic amines) is 1. The van der Waals surface area contributed by atoms with Crippen LogP contribution in [0.25, 0.3) is 0 Å². The number of rotatable bonds is 4. The summed E-state index contributed by atoms with van der Waals surface area (Å²) in [6, 6.07) is 9.09. The number of ether oxygens (including phenoxy) is 1. The first-order valence-corrected chi connectivity index (χ1v) is 10.4. The SMILES string of the molecule is CCOC(=O)c1cc(C(C)(C)C)n(C2CCN(C(=O)c3ccccc3Cl)CC2)n1. The predicted octanol–water partition coefficient (Wildman–Crippen LogP) is 4.49. The lowest BCUT2D eigenvalue weighted by molar-refractivity contribution is 0.0517. The molecule has 0 radical (unpaired) electrons. The maximum atomic E-state index is 12.8. The Morgan fingerprint density at radius 3 is 2.45 bits per heavy atom. The Hall–Kier alpha value is -2.34. The molecule has 3 rings (SSSR count). The van der Waals surface area contributed by atoms with Gasteiger partial charge >= 0.3 is 5.97 Å². The second-order valence-corrected chi connectivity index (χ2v) is 8.74. The minimum absolute atomic E-state index is 0.0437. The lowest BCUT2D eigenvalue weighted by atomic mass is 9.91. The number of hydrogen-bond donors (Lipinski definition) is 0. The molecule has 2 aromatic rings. The molecule has 2 heterocycles. The molecule has 0 atom stereocenters. The fourth-order valence-electron chi connectivity index (χ4n) is 3.66. The van der Waals surface area contributed by atoms with Crippen LogP contribution in [0, 0.1) is 0 Å². The van der Waals surface area contributed by atoms with E-state index in [9.17, 15) is 9.59 Å². The van der Waals surface area contributed by atoms with Crippen LogP contribution in [0.4, 0.5) is 0 Å². The van der Waals surface area contributed by atoms with Crippen molar-refractivity contribution in [2.75, 3.05) is 19.7 Å². The van der Waals surface area contributed by atoms with Gasteiger partial charge in [0.2, 0.25) is 0 Å². The standard InChI is InChI=1S/C22H28ClN3O3/c1-5-29-21(28)18-14-19(22(2,3)4)26(24-18)15-10-12-25(13-11-15)20(27)16-8-6-7-9-17(16)23/h6-9,14-15H,5,10-13H2,1-4H3. The maximum Gasteiger partial charge on any atom is 0.358 e. The van der Waals surface area contributed by atoms with Crippen molar-refractivity contribution in [1.29, 1.82) is 0 Å². The van der Waals surface area contributed by atoms with E-state index in [0.717, 1.165) is 18.5 Å². The first-order valence-electron chi connectivity index (χ1n) is 10.0. The molecule has 0 spiro atoms. The van der Waals surface area contributed by atoms with Gasteiger partial charge in [-0.25, -0.2) is 4.79 Å². The van der Waals surface area contributed by atoms with Gasteiger partial charge in [0.1, 0.15) is 0 Å². The van der Waals surface area contributed by atoms with Crippen LogP contribution in [-0.2, 0) is 10.2 Å². The molecule has 1 aromatic heterocycles. The summed E-state index contributed by atoms with van der Waals surface area (Å²) in [7, 11) is 0. The Morgan fingerprint density at radius 1 is 1.21 bits per heavy atom. The molecule has 0 N–H and O–H groups in total. The van der Waals surface area contributed by atoms with E-state index in [1.807, 2.05) is 27.8 Å². The molecule has 6 nitrogen and oxygen atoms in total. The van der Waals surface area contributed by atoms with Gasteiger partial charge in [0.05, 0.1) is 23.2 Å². The van der Waals surface area contributed by atoms with Crippen LogP contribution >= 0.6 is 11.6 Å². The number of nitrogens with zero attached hydrogens (tertiary/aromatic N) is 3. The lowest BCUT2D eigenvalue weighted by Crippen LogP contribution is -2.40. The van der Waals surface area contributed by atoms with E-state index >= 15 is 0 Å². The van der Waals surface area contributed by atoms with Gasteiger partial charge in [-0.2, -0.15) is 5.10 Å². The quantitative estimate of drug-likeness (QED) is 0.687. The smallest absolute Gasteiger partial charge is 0.358 e. The van der Waals surface area contributed by atoms with Gasteiger partial charge in [-0.05, 0) is 38.0 Å². The van der Waals surface area contributed by atoms with Crippen LogP contribution in [0.5, 0.6) is 0 Å². The van der Waals surface area contributed by atoms with Gasteiger partial charge in [0.25, 0.3) is 5.91 Å². The summed E-state index contributed by atoms with van der Waals surface area (Å²) in [4.78, 5) is 26.8. The molecular formula is C22H28ClN3O3. The molecule has 1 amide bonds. The molecular weight excluding hydrogens is 390 g/mol. The first kappa shape index (κ1) is 21.4. The van der Waals surface area contributed by atoms with Gasteiger partial charge in [0.15, 0.2) is 5.69 Å². The summed E-state index contributed by atoms with van der Waals surface area (Å²) in [5.74, 6) is -0.444. The number of amides is 1. The number of esters is 1.